The lowest BCUT2D eigenvalue weighted by Gasteiger charge is -2.34. The van der Waals surface area contributed by atoms with Gasteiger partial charge in [0.1, 0.15) is 0 Å². The average Bonchev–Trinajstić information content (AvgIpc) is 2.54. The molecule has 3 rings (SSSR count). The van der Waals surface area contributed by atoms with Gasteiger partial charge < -0.3 is 4.90 Å². The summed E-state index contributed by atoms with van der Waals surface area (Å²) in [6.07, 6.45) is 0.741. The highest BCUT2D eigenvalue weighted by atomic mass is 19.3. The van der Waals surface area contributed by atoms with E-state index in [1.807, 2.05) is 28.0 Å². The van der Waals surface area contributed by atoms with Crippen molar-refractivity contribution in [1.82, 2.24) is 4.90 Å². The SMILES string of the molecule is O=C(CN1CCC(C(F)F)CC1)N1CCCc2ccccc21. The first-order chi connectivity index (χ1) is 10.6. The molecule has 0 bridgehead atoms. The predicted molar refractivity (Wildman–Crippen MR) is 82.3 cm³/mol. The summed E-state index contributed by atoms with van der Waals surface area (Å²) in [5.41, 5.74) is 2.24. The van der Waals surface area contributed by atoms with Crippen molar-refractivity contribution in [2.24, 2.45) is 5.92 Å². The molecule has 0 spiro atoms. The third-order valence-corrected chi connectivity index (χ3v) is 4.76. The van der Waals surface area contributed by atoms with E-state index in [0.717, 1.165) is 25.1 Å². The number of halogens is 2. The van der Waals surface area contributed by atoms with Crippen LogP contribution in [0, 0.1) is 5.92 Å². The Bertz CT molecular complexity index is 527. The number of aryl methyl sites for hydroxylation is 1. The summed E-state index contributed by atoms with van der Waals surface area (Å²) in [6.45, 7) is 2.28. The Kier molecular flexibility index (Phi) is 4.71. The number of anilines is 1. The number of hydrogen-bond donors (Lipinski definition) is 0. The lowest BCUT2D eigenvalue weighted by atomic mass is 9.97. The van der Waals surface area contributed by atoms with Gasteiger partial charge in [-0.1, -0.05) is 18.2 Å². The number of alkyl halides is 2. The van der Waals surface area contributed by atoms with Crippen LogP contribution in [0.25, 0.3) is 0 Å². The van der Waals surface area contributed by atoms with E-state index in [2.05, 4.69) is 6.07 Å². The van der Waals surface area contributed by atoms with Crippen LogP contribution < -0.4 is 4.90 Å². The van der Waals surface area contributed by atoms with Gasteiger partial charge in [0.05, 0.1) is 6.54 Å². The first kappa shape index (κ1) is 15.4. The first-order valence-electron chi connectivity index (χ1n) is 8.04. The molecule has 2 aliphatic heterocycles. The fourth-order valence-electron chi connectivity index (χ4n) is 3.43. The molecule has 1 fully saturated rings. The zero-order valence-electron chi connectivity index (χ0n) is 12.7. The van der Waals surface area contributed by atoms with Crippen molar-refractivity contribution in [3.05, 3.63) is 29.8 Å². The second kappa shape index (κ2) is 6.73. The molecular formula is C17H22F2N2O. The summed E-state index contributed by atoms with van der Waals surface area (Å²) in [4.78, 5) is 16.5. The van der Waals surface area contributed by atoms with E-state index >= 15 is 0 Å². The second-order valence-electron chi connectivity index (χ2n) is 6.23. The molecule has 0 unspecified atom stereocenters. The molecule has 1 aromatic carbocycles. The minimum absolute atomic E-state index is 0.0858. The molecule has 22 heavy (non-hydrogen) atoms. The molecule has 1 amide bonds. The van der Waals surface area contributed by atoms with Crippen LogP contribution in [0.1, 0.15) is 24.8 Å². The lowest BCUT2D eigenvalue weighted by Crippen LogP contribution is -2.45. The molecule has 2 heterocycles. The van der Waals surface area contributed by atoms with Crippen molar-refractivity contribution in [3.63, 3.8) is 0 Å². The molecule has 0 saturated carbocycles. The monoisotopic (exact) mass is 308 g/mol. The number of fused-ring (bicyclic) bond motifs is 1. The number of rotatable bonds is 3. The number of piperidine rings is 1. The fourth-order valence-corrected chi connectivity index (χ4v) is 3.43. The van der Waals surface area contributed by atoms with Gasteiger partial charge in [0.15, 0.2) is 0 Å². The highest BCUT2D eigenvalue weighted by Crippen LogP contribution is 2.27. The highest BCUT2D eigenvalue weighted by Gasteiger charge is 2.29. The van der Waals surface area contributed by atoms with Crippen LogP contribution in [0.5, 0.6) is 0 Å². The number of carbonyl (C=O) groups excluding carboxylic acids is 1. The van der Waals surface area contributed by atoms with E-state index in [1.54, 1.807) is 0 Å². The zero-order valence-corrected chi connectivity index (χ0v) is 12.7. The molecule has 0 N–H and O–H groups in total. The van der Waals surface area contributed by atoms with Gasteiger partial charge in [0.25, 0.3) is 0 Å². The van der Waals surface area contributed by atoms with Gasteiger partial charge >= 0.3 is 0 Å². The fraction of sp³-hybridized carbons (Fsp3) is 0.588. The maximum absolute atomic E-state index is 12.7. The number of carbonyl (C=O) groups is 1. The third kappa shape index (κ3) is 3.29. The summed E-state index contributed by atoms with van der Waals surface area (Å²) in [5, 5.41) is 0. The number of amides is 1. The Morgan fingerprint density at radius 1 is 1.18 bits per heavy atom. The van der Waals surface area contributed by atoms with E-state index in [-0.39, 0.29) is 5.91 Å². The molecule has 0 atom stereocenters. The lowest BCUT2D eigenvalue weighted by molar-refractivity contribution is -0.120. The molecular weight excluding hydrogens is 286 g/mol. The van der Waals surface area contributed by atoms with E-state index < -0.39 is 12.3 Å². The van der Waals surface area contributed by atoms with Crippen LogP contribution in [-0.4, -0.2) is 43.4 Å². The topological polar surface area (TPSA) is 23.6 Å². The number of likely N-dealkylation sites (tertiary alicyclic amines) is 1. The van der Waals surface area contributed by atoms with Crippen LogP contribution in [-0.2, 0) is 11.2 Å². The third-order valence-electron chi connectivity index (χ3n) is 4.76. The van der Waals surface area contributed by atoms with E-state index in [9.17, 15) is 13.6 Å². The van der Waals surface area contributed by atoms with Gasteiger partial charge in [-0.25, -0.2) is 8.78 Å². The van der Waals surface area contributed by atoms with Gasteiger partial charge in [0.2, 0.25) is 12.3 Å². The second-order valence-corrected chi connectivity index (χ2v) is 6.23. The van der Waals surface area contributed by atoms with Crippen molar-refractivity contribution in [1.29, 1.82) is 0 Å². The van der Waals surface area contributed by atoms with Gasteiger partial charge in [0, 0.05) is 18.2 Å². The Labute approximate surface area is 129 Å². The average molecular weight is 308 g/mol. The quantitative estimate of drug-likeness (QED) is 0.857. The minimum atomic E-state index is -2.23. The number of benzene rings is 1. The van der Waals surface area contributed by atoms with Crippen LogP contribution in [0.2, 0.25) is 0 Å². The molecule has 2 aliphatic rings. The Morgan fingerprint density at radius 2 is 1.91 bits per heavy atom. The summed E-state index contributed by atoms with van der Waals surface area (Å²) < 4.78 is 25.3. The molecule has 1 aromatic rings. The number of hydrogen-bond acceptors (Lipinski definition) is 2. The zero-order chi connectivity index (χ0) is 15.5. The number of nitrogens with zero attached hydrogens (tertiary/aromatic N) is 2. The molecule has 120 valence electrons. The summed E-state index contributed by atoms with van der Waals surface area (Å²) in [7, 11) is 0. The largest absolute Gasteiger partial charge is 0.311 e. The molecule has 0 aliphatic carbocycles. The van der Waals surface area contributed by atoms with Gasteiger partial charge in [-0.15, -0.1) is 0 Å². The maximum Gasteiger partial charge on any atom is 0.241 e. The first-order valence-corrected chi connectivity index (χ1v) is 8.04. The van der Waals surface area contributed by atoms with Crippen LogP contribution >= 0.6 is 0 Å². The van der Waals surface area contributed by atoms with E-state index in [4.69, 9.17) is 0 Å². The minimum Gasteiger partial charge on any atom is -0.311 e. The molecule has 1 saturated heterocycles. The van der Waals surface area contributed by atoms with E-state index in [1.165, 1.54) is 5.56 Å². The predicted octanol–water partition coefficient (Wildman–Crippen LogP) is 2.94. The van der Waals surface area contributed by atoms with Gasteiger partial charge in [-0.05, 0) is 50.4 Å². The summed E-state index contributed by atoms with van der Waals surface area (Å²) in [6, 6.07) is 8.03. The van der Waals surface area contributed by atoms with Gasteiger partial charge in [-0.3, -0.25) is 9.69 Å². The van der Waals surface area contributed by atoms with Crippen molar-refractivity contribution in [2.75, 3.05) is 31.1 Å². The molecule has 5 heteroatoms. The molecule has 0 aromatic heterocycles. The normalized spacial score (nSPS) is 20.2. The number of para-hydroxylation sites is 1. The van der Waals surface area contributed by atoms with Gasteiger partial charge in [-0.2, -0.15) is 0 Å². The smallest absolute Gasteiger partial charge is 0.241 e. The van der Waals surface area contributed by atoms with Crippen LogP contribution in [0.15, 0.2) is 24.3 Å². The van der Waals surface area contributed by atoms with Crippen molar-refractivity contribution in [2.45, 2.75) is 32.1 Å². The summed E-state index contributed by atoms with van der Waals surface area (Å²) >= 11 is 0. The maximum atomic E-state index is 12.7. The Hall–Kier alpha value is -1.49. The Morgan fingerprint density at radius 3 is 2.64 bits per heavy atom. The molecule has 3 nitrogen and oxygen atoms in total. The highest BCUT2D eigenvalue weighted by molar-refractivity contribution is 5.95. The van der Waals surface area contributed by atoms with E-state index in [0.29, 0.717) is 32.5 Å². The van der Waals surface area contributed by atoms with Crippen molar-refractivity contribution in [3.8, 4) is 0 Å². The Balaban J connectivity index is 1.60. The van der Waals surface area contributed by atoms with Crippen LogP contribution in [0.3, 0.4) is 0 Å². The van der Waals surface area contributed by atoms with Crippen molar-refractivity contribution >= 4 is 11.6 Å². The standard InChI is InChI=1S/C17H22F2N2O/c18-17(19)14-7-10-20(11-8-14)12-16(22)21-9-3-5-13-4-1-2-6-15(13)21/h1-2,4,6,14,17H,3,5,7-12H2. The summed E-state index contributed by atoms with van der Waals surface area (Å²) in [5.74, 6) is -0.412. The molecule has 0 radical (unpaired) electrons. The van der Waals surface area contributed by atoms with Crippen molar-refractivity contribution < 1.29 is 13.6 Å². The van der Waals surface area contributed by atoms with Crippen LogP contribution in [0.4, 0.5) is 14.5 Å².